The molecule has 1 aliphatic carbocycles. The molecule has 0 bridgehead atoms. The fourth-order valence-electron chi connectivity index (χ4n) is 2.52. The zero-order valence-electron chi connectivity index (χ0n) is 10.6. The van der Waals surface area contributed by atoms with Gasteiger partial charge in [-0.3, -0.25) is 0 Å². The zero-order chi connectivity index (χ0) is 13.1. The maximum absolute atomic E-state index is 13.2. The first-order valence-electron chi connectivity index (χ1n) is 6.53. The van der Waals surface area contributed by atoms with Crippen LogP contribution in [0.2, 0.25) is 0 Å². The highest BCUT2D eigenvalue weighted by atomic mass is 19.2. The minimum Gasteiger partial charge on any atom is -0.328 e. The summed E-state index contributed by atoms with van der Waals surface area (Å²) >= 11 is 0. The van der Waals surface area contributed by atoms with Crippen LogP contribution in [0, 0.1) is 11.6 Å². The van der Waals surface area contributed by atoms with Gasteiger partial charge in [0.05, 0.1) is 0 Å². The van der Waals surface area contributed by atoms with Crippen LogP contribution in [0.1, 0.15) is 44.2 Å². The van der Waals surface area contributed by atoms with Crippen LogP contribution in [-0.2, 0) is 0 Å². The molecule has 0 aliphatic heterocycles. The fraction of sp³-hybridized carbons (Fsp3) is 0.571. The number of benzene rings is 1. The first-order chi connectivity index (χ1) is 8.56. The average Bonchev–Trinajstić information content (AvgIpc) is 2.35. The lowest BCUT2D eigenvalue weighted by Gasteiger charge is -2.29. The summed E-state index contributed by atoms with van der Waals surface area (Å²) in [6, 6.07) is 4.85. The third-order valence-electron chi connectivity index (χ3n) is 3.70. The molecule has 2 nitrogen and oxygen atoms in total. The van der Waals surface area contributed by atoms with Crippen LogP contribution in [0.15, 0.2) is 18.2 Å². The second kappa shape index (κ2) is 5.76. The number of rotatable bonds is 3. The van der Waals surface area contributed by atoms with Crippen LogP contribution in [0.3, 0.4) is 0 Å². The van der Waals surface area contributed by atoms with Crippen molar-refractivity contribution < 1.29 is 8.78 Å². The van der Waals surface area contributed by atoms with E-state index in [0.29, 0.717) is 12.1 Å². The molecule has 3 N–H and O–H groups in total. The standard InChI is InChI=1S/C14H20F2N2/c1-9(10-2-7-13(15)14(16)8-10)18-12-5-3-11(17)4-6-12/h2,7-9,11-12,18H,3-6,17H2,1H3. The lowest BCUT2D eigenvalue weighted by Crippen LogP contribution is -2.38. The van der Waals surface area contributed by atoms with Crippen LogP contribution in [0.4, 0.5) is 8.78 Å². The van der Waals surface area contributed by atoms with Crippen molar-refractivity contribution in [3.63, 3.8) is 0 Å². The summed E-state index contributed by atoms with van der Waals surface area (Å²) in [5, 5.41) is 3.46. The Kier molecular flexibility index (Phi) is 4.30. The van der Waals surface area contributed by atoms with Gasteiger partial charge in [0.15, 0.2) is 11.6 Å². The molecule has 2 rings (SSSR count). The van der Waals surface area contributed by atoms with Gasteiger partial charge in [0, 0.05) is 18.1 Å². The van der Waals surface area contributed by atoms with Gasteiger partial charge >= 0.3 is 0 Å². The maximum atomic E-state index is 13.2. The predicted octanol–water partition coefficient (Wildman–Crippen LogP) is 2.89. The van der Waals surface area contributed by atoms with E-state index in [2.05, 4.69) is 5.32 Å². The lowest BCUT2D eigenvalue weighted by atomic mass is 9.91. The summed E-state index contributed by atoms with van der Waals surface area (Å²) in [6.07, 6.45) is 4.16. The highest BCUT2D eigenvalue weighted by Gasteiger charge is 2.20. The minimum atomic E-state index is -0.797. The van der Waals surface area contributed by atoms with Crippen molar-refractivity contribution in [3.05, 3.63) is 35.4 Å². The lowest BCUT2D eigenvalue weighted by molar-refractivity contribution is 0.321. The average molecular weight is 254 g/mol. The Morgan fingerprint density at radius 1 is 1.17 bits per heavy atom. The Hall–Kier alpha value is -1.00. The van der Waals surface area contributed by atoms with Gasteiger partial charge in [0.25, 0.3) is 0 Å². The highest BCUT2D eigenvalue weighted by molar-refractivity contribution is 5.20. The van der Waals surface area contributed by atoms with Gasteiger partial charge in [-0.05, 0) is 50.3 Å². The largest absolute Gasteiger partial charge is 0.328 e. The number of halogens is 2. The monoisotopic (exact) mass is 254 g/mol. The molecule has 1 unspecified atom stereocenters. The van der Waals surface area contributed by atoms with Crippen LogP contribution in [0.25, 0.3) is 0 Å². The summed E-state index contributed by atoms with van der Waals surface area (Å²) in [5.41, 5.74) is 6.64. The summed E-state index contributed by atoms with van der Waals surface area (Å²) in [4.78, 5) is 0. The van der Waals surface area contributed by atoms with E-state index in [1.807, 2.05) is 6.92 Å². The summed E-state index contributed by atoms with van der Waals surface area (Å²) < 4.78 is 26.0. The molecule has 1 aromatic carbocycles. The molecule has 18 heavy (non-hydrogen) atoms. The molecule has 100 valence electrons. The SMILES string of the molecule is CC(NC1CCC(N)CC1)c1ccc(F)c(F)c1. The van der Waals surface area contributed by atoms with E-state index in [4.69, 9.17) is 5.73 Å². The van der Waals surface area contributed by atoms with Crippen LogP contribution in [0.5, 0.6) is 0 Å². The first-order valence-corrected chi connectivity index (χ1v) is 6.53. The van der Waals surface area contributed by atoms with Crippen molar-refractivity contribution in [3.8, 4) is 0 Å². The Morgan fingerprint density at radius 3 is 2.44 bits per heavy atom. The van der Waals surface area contributed by atoms with Gasteiger partial charge in [0.1, 0.15) is 0 Å². The molecule has 0 saturated heterocycles. The number of hydrogen-bond donors (Lipinski definition) is 2. The predicted molar refractivity (Wildman–Crippen MR) is 68.1 cm³/mol. The van der Waals surface area contributed by atoms with Gasteiger partial charge in [-0.25, -0.2) is 8.78 Å². The van der Waals surface area contributed by atoms with E-state index in [1.165, 1.54) is 12.1 Å². The Balaban J connectivity index is 1.94. The third-order valence-corrected chi connectivity index (χ3v) is 3.70. The van der Waals surface area contributed by atoms with Gasteiger partial charge in [0.2, 0.25) is 0 Å². The molecule has 0 aromatic heterocycles. The fourth-order valence-corrected chi connectivity index (χ4v) is 2.52. The van der Waals surface area contributed by atoms with E-state index in [-0.39, 0.29) is 6.04 Å². The molecule has 0 amide bonds. The smallest absolute Gasteiger partial charge is 0.159 e. The maximum Gasteiger partial charge on any atom is 0.159 e. The van der Waals surface area contributed by atoms with Crippen LogP contribution >= 0.6 is 0 Å². The van der Waals surface area contributed by atoms with Crippen molar-refractivity contribution in [2.45, 2.75) is 50.7 Å². The van der Waals surface area contributed by atoms with E-state index in [0.717, 1.165) is 31.2 Å². The quantitative estimate of drug-likeness (QED) is 0.870. The Morgan fingerprint density at radius 2 is 1.83 bits per heavy atom. The van der Waals surface area contributed by atoms with Crippen LogP contribution in [-0.4, -0.2) is 12.1 Å². The molecule has 1 atom stereocenters. The van der Waals surface area contributed by atoms with E-state index in [9.17, 15) is 8.78 Å². The molecule has 1 fully saturated rings. The summed E-state index contributed by atoms with van der Waals surface area (Å²) in [7, 11) is 0. The van der Waals surface area contributed by atoms with Crippen molar-refractivity contribution in [1.82, 2.24) is 5.32 Å². The molecular weight excluding hydrogens is 234 g/mol. The minimum absolute atomic E-state index is 0.0272. The molecule has 1 saturated carbocycles. The molecule has 1 aliphatic rings. The Labute approximate surface area is 107 Å². The second-order valence-corrected chi connectivity index (χ2v) is 5.17. The van der Waals surface area contributed by atoms with E-state index >= 15 is 0 Å². The van der Waals surface area contributed by atoms with E-state index in [1.54, 1.807) is 6.07 Å². The molecule has 4 heteroatoms. The van der Waals surface area contributed by atoms with Crippen molar-refractivity contribution in [2.75, 3.05) is 0 Å². The number of nitrogens with two attached hydrogens (primary N) is 1. The Bertz CT molecular complexity index is 401. The highest BCUT2D eigenvalue weighted by Crippen LogP contribution is 2.22. The third kappa shape index (κ3) is 3.27. The van der Waals surface area contributed by atoms with Crippen molar-refractivity contribution in [1.29, 1.82) is 0 Å². The second-order valence-electron chi connectivity index (χ2n) is 5.17. The van der Waals surface area contributed by atoms with Gasteiger partial charge < -0.3 is 11.1 Å². The number of nitrogens with one attached hydrogen (secondary N) is 1. The molecule has 1 aromatic rings. The van der Waals surface area contributed by atoms with Crippen molar-refractivity contribution >= 4 is 0 Å². The van der Waals surface area contributed by atoms with Gasteiger partial charge in [-0.15, -0.1) is 0 Å². The topological polar surface area (TPSA) is 38.0 Å². The molecule has 0 spiro atoms. The van der Waals surface area contributed by atoms with E-state index < -0.39 is 11.6 Å². The zero-order valence-corrected chi connectivity index (χ0v) is 10.6. The summed E-state index contributed by atoms with van der Waals surface area (Å²) in [5.74, 6) is -1.58. The van der Waals surface area contributed by atoms with Gasteiger partial charge in [-0.2, -0.15) is 0 Å². The number of hydrogen-bond acceptors (Lipinski definition) is 2. The van der Waals surface area contributed by atoms with Gasteiger partial charge in [-0.1, -0.05) is 6.07 Å². The summed E-state index contributed by atoms with van der Waals surface area (Å²) in [6.45, 7) is 1.97. The normalized spacial score (nSPS) is 26.0. The molecular formula is C14H20F2N2. The molecule has 0 heterocycles. The molecule has 0 radical (unpaired) electrons. The van der Waals surface area contributed by atoms with Crippen LogP contribution < -0.4 is 11.1 Å². The first kappa shape index (κ1) is 13.4. The van der Waals surface area contributed by atoms with Crippen molar-refractivity contribution in [2.24, 2.45) is 5.73 Å².